The van der Waals surface area contributed by atoms with Crippen molar-refractivity contribution in [3.8, 4) is 0 Å². The molecule has 5 nitrogen and oxygen atoms in total. The zero-order chi connectivity index (χ0) is 16.0. The van der Waals surface area contributed by atoms with Gasteiger partial charge in [0.2, 0.25) is 0 Å². The number of ether oxygens (including phenoxy) is 2. The second-order valence-corrected chi connectivity index (χ2v) is 8.03. The minimum atomic E-state index is -0.562. The van der Waals surface area contributed by atoms with E-state index in [-0.39, 0.29) is 23.5 Å². The third-order valence-electron chi connectivity index (χ3n) is 5.71. The molecule has 22 heavy (non-hydrogen) atoms. The number of aliphatic hydroxyl groups is 1. The van der Waals surface area contributed by atoms with E-state index in [1.165, 1.54) is 6.42 Å². The zero-order valence-corrected chi connectivity index (χ0v) is 14.4. The summed E-state index contributed by atoms with van der Waals surface area (Å²) in [5, 5.41) is 10.8. The van der Waals surface area contributed by atoms with Gasteiger partial charge in [0.25, 0.3) is 0 Å². The normalized spacial score (nSPS) is 40.3. The summed E-state index contributed by atoms with van der Waals surface area (Å²) in [6.07, 6.45) is 5.53. The van der Waals surface area contributed by atoms with Crippen LogP contribution in [0.15, 0.2) is 0 Å². The van der Waals surface area contributed by atoms with Crippen LogP contribution in [0.25, 0.3) is 0 Å². The van der Waals surface area contributed by atoms with E-state index >= 15 is 0 Å². The topological polar surface area (TPSA) is 72.8 Å². The molecule has 4 rings (SSSR count). The molecule has 4 aliphatic rings. The summed E-state index contributed by atoms with van der Waals surface area (Å²) in [6, 6.07) is 0. The highest BCUT2D eigenvalue weighted by Gasteiger charge is 2.59. The summed E-state index contributed by atoms with van der Waals surface area (Å²) >= 11 is 2.98. The van der Waals surface area contributed by atoms with E-state index in [9.17, 15) is 14.7 Å². The van der Waals surface area contributed by atoms with Gasteiger partial charge >= 0.3 is 11.9 Å². The van der Waals surface area contributed by atoms with Gasteiger partial charge in [-0.15, -0.1) is 0 Å². The number of carbonyl (C=O) groups excluding carboxylic acids is 2. The fraction of sp³-hybridized carbons (Fsp3) is 0.875. The average molecular weight is 375 g/mol. The second-order valence-electron chi connectivity index (χ2n) is 7.47. The highest BCUT2D eigenvalue weighted by atomic mass is 79.9. The molecule has 0 radical (unpaired) electrons. The van der Waals surface area contributed by atoms with Crippen LogP contribution in [0.3, 0.4) is 0 Å². The summed E-state index contributed by atoms with van der Waals surface area (Å²) in [4.78, 5) is 22.9. The van der Waals surface area contributed by atoms with E-state index in [0.29, 0.717) is 11.8 Å². The largest absolute Gasteiger partial charge is 0.460 e. The highest BCUT2D eigenvalue weighted by molar-refractivity contribution is 9.09. The van der Waals surface area contributed by atoms with E-state index in [4.69, 9.17) is 9.47 Å². The van der Waals surface area contributed by atoms with Gasteiger partial charge in [-0.05, 0) is 57.3 Å². The van der Waals surface area contributed by atoms with Crippen molar-refractivity contribution in [3.63, 3.8) is 0 Å². The van der Waals surface area contributed by atoms with Crippen molar-refractivity contribution in [1.29, 1.82) is 0 Å². The number of hydrogen-bond donors (Lipinski definition) is 1. The molecule has 124 valence electrons. The molecule has 4 saturated carbocycles. The first kappa shape index (κ1) is 16.2. The number of hydrogen-bond acceptors (Lipinski definition) is 5. The van der Waals surface area contributed by atoms with Crippen LogP contribution >= 0.6 is 15.9 Å². The maximum Gasteiger partial charge on any atom is 0.344 e. The van der Waals surface area contributed by atoms with Gasteiger partial charge in [-0.3, -0.25) is 4.79 Å². The molecule has 0 amide bonds. The third-order valence-corrected chi connectivity index (χ3v) is 6.16. The molecular weight excluding hydrogens is 352 g/mol. The fourth-order valence-electron chi connectivity index (χ4n) is 5.29. The lowest BCUT2D eigenvalue weighted by molar-refractivity contribution is -0.206. The fourth-order valence-corrected chi connectivity index (χ4v) is 5.46. The van der Waals surface area contributed by atoms with Crippen LogP contribution in [-0.4, -0.2) is 40.7 Å². The van der Waals surface area contributed by atoms with Crippen LogP contribution in [0, 0.1) is 17.3 Å². The van der Waals surface area contributed by atoms with Crippen molar-refractivity contribution >= 4 is 27.9 Å². The van der Waals surface area contributed by atoms with Crippen LogP contribution in [0.1, 0.15) is 45.4 Å². The van der Waals surface area contributed by atoms with Gasteiger partial charge in [0.15, 0.2) is 6.61 Å². The Labute approximate surface area is 138 Å². The van der Waals surface area contributed by atoms with E-state index < -0.39 is 17.5 Å². The van der Waals surface area contributed by atoms with Gasteiger partial charge in [-0.1, -0.05) is 15.9 Å². The smallest absolute Gasteiger partial charge is 0.344 e. The summed E-state index contributed by atoms with van der Waals surface area (Å²) in [5.74, 6) is 0.121. The lowest BCUT2D eigenvalue weighted by Gasteiger charge is -2.61. The monoisotopic (exact) mass is 374 g/mol. The first-order valence-corrected chi connectivity index (χ1v) is 9.10. The molecular formula is C16H23BrO5. The van der Waals surface area contributed by atoms with E-state index in [0.717, 1.165) is 32.1 Å². The SMILES string of the molecule is CC(OC(=O)COC(=O)CBr)C12CC3CC(CC(O)(C3)C1)C2. The highest BCUT2D eigenvalue weighted by Crippen LogP contribution is 2.63. The lowest BCUT2D eigenvalue weighted by Crippen LogP contribution is -2.59. The zero-order valence-electron chi connectivity index (χ0n) is 12.8. The molecule has 3 unspecified atom stereocenters. The number of esters is 2. The van der Waals surface area contributed by atoms with Crippen molar-refractivity contribution in [3.05, 3.63) is 0 Å². The quantitative estimate of drug-likeness (QED) is 0.589. The van der Waals surface area contributed by atoms with E-state index in [1.54, 1.807) is 0 Å². The predicted molar refractivity (Wildman–Crippen MR) is 82.4 cm³/mol. The van der Waals surface area contributed by atoms with Gasteiger partial charge in [0, 0.05) is 5.41 Å². The molecule has 0 aliphatic heterocycles. The Morgan fingerprint density at radius 3 is 2.41 bits per heavy atom. The molecule has 3 atom stereocenters. The second kappa shape index (κ2) is 5.78. The Morgan fingerprint density at radius 1 is 1.23 bits per heavy atom. The number of carbonyl (C=O) groups is 2. The van der Waals surface area contributed by atoms with Crippen LogP contribution in [0.2, 0.25) is 0 Å². The molecule has 4 aliphatic carbocycles. The van der Waals surface area contributed by atoms with Crippen LogP contribution in [-0.2, 0) is 19.1 Å². The number of alkyl halides is 1. The Balaban J connectivity index is 1.61. The third kappa shape index (κ3) is 3.04. The van der Waals surface area contributed by atoms with Crippen molar-refractivity contribution in [2.75, 3.05) is 11.9 Å². The number of halogens is 1. The van der Waals surface area contributed by atoms with Crippen molar-refractivity contribution in [2.24, 2.45) is 17.3 Å². The molecule has 0 aromatic rings. The molecule has 4 bridgehead atoms. The Hall–Kier alpha value is -0.620. The van der Waals surface area contributed by atoms with Crippen molar-refractivity contribution < 1.29 is 24.2 Å². The molecule has 4 fully saturated rings. The van der Waals surface area contributed by atoms with Crippen LogP contribution in [0.4, 0.5) is 0 Å². The summed E-state index contributed by atoms with van der Waals surface area (Å²) in [5.41, 5.74) is -0.666. The summed E-state index contributed by atoms with van der Waals surface area (Å²) in [7, 11) is 0. The van der Waals surface area contributed by atoms with Crippen LogP contribution in [0.5, 0.6) is 0 Å². The average Bonchev–Trinajstić information content (AvgIpc) is 2.42. The van der Waals surface area contributed by atoms with Gasteiger partial charge in [0.05, 0.1) is 5.60 Å². The first-order chi connectivity index (χ1) is 10.3. The van der Waals surface area contributed by atoms with Gasteiger partial charge in [0.1, 0.15) is 11.4 Å². The maximum atomic E-state index is 11.9. The molecule has 6 heteroatoms. The molecule has 0 aromatic heterocycles. The minimum absolute atomic E-state index is 0.0656. The predicted octanol–water partition coefficient (Wildman–Crippen LogP) is 2.19. The summed E-state index contributed by atoms with van der Waals surface area (Å²) < 4.78 is 10.3. The Bertz CT molecular complexity index is 463. The van der Waals surface area contributed by atoms with E-state index in [1.807, 2.05) is 6.92 Å². The molecule has 1 N–H and O–H groups in total. The standard InChI is InChI=1S/C16H23BrO5/c1-10(22-14(19)8-21-13(18)7-17)15-3-11-2-12(4-15)6-16(20,5-11)9-15/h10-12,20H,2-9H2,1H3. The van der Waals surface area contributed by atoms with Crippen LogP contribution < -0.4 is 0 Å². The Kier molecular flexibility index (Phi) is 4.27. The molecule has 0 saturated heterocycles. The van der Waals surface area contributed by atoms with Gasteiger partial charge in [-0.2, -0.15) is 0 Å². The molecule has 0 spiro atoms. The van der Waals surface area contributed by atoms with Gasteiger partial charge < -0.3 is 14.6 Å². The van der Waals surface area contributed by atoms with Gasteiger partial charge in [-0.25, -0.2) is 4.79 Å². The Morgan fingerprint density at radius 2 is 1.86 bits per heavy atom. The van der Waals surface area contributed by atoms with Crippen molar-refractivity contribution in [2.45, 2.75) is 57.2 Å². The minimum Gasteiger partial charge on any atom is -0.460 e. The molecule has 0 heterocycles. The maximum absolute atomic E-state index is 11.9. The first-order valence-electron chi connectivity index (χ1n) is 7.98. The number of rotatable bonds is 5. The summed E-state index contributed by atoms with van der Waals surface area (Å²) in [6.45, 7) is 1.57. The van der Waals surface area contributed by atoms with E-state index in [2.05, 4.69) is 15.9 Å². The molecule has 0 aromatic carbocycles. The lowest BCUT2D eigenvalue weighted by atomic mass is 9.46. The van der Waals surface area contributed by atoms with Crippen molar-refractivity contribution in [1.82, 2.24) is 0 Å².